The molecule has 14 heavy (non-hydrogen) atoms. The fourth-order valence-corrected chi connectivity index (χ4v) is 2.06. The minimum Gasteiger partial charge on any atom is -0.384 e. The normalized spacial score (nSPS) is 12.7. The molecule has 1 atom stereocenters. The third kappa shape index (κ3) is 1.66. The van der Waals surface area contributed by atoms with Gasteiger partial charge in [-0.3, -0.25) is 0 Å². The Labute approximate surface area is 86.1 Å². The van der Waals surface area contributed by atoms with Crippen LogP contribution in [0.15, 0.2) is 29.9 Å². The van der Waals surface area contributed by atoms with E-state index in [1.807, 2.05) is 18.4 Å². The van der Waals surface area contributed by atoms with E-state index in [4.69, 9.17) is 0 Å². The second-order valence-electron chi connectivity index (χ2n) is 3.01. The number of rotatable bonds is 2. The van der Waals surface area contributed by atoms with Crippen molar-refractivity contribution in [1.29, 1.82) is 0 Å². The Kier molecular flexibility index (Phi) is 2.56. The van der Waals surface area contributed by atoms with E-state index in [0.717, 1.165) is 16.0 Å². The highest BCUT2D eigenvalue weighted by Crippen LogP contribution is 2.26. The topological polar surface area (TPSA) is 46.0 Å². The van der Waals surface area contributed by atoms with Gasteiger partial charge in [-0.15, -0.1) is 11.3 Å². The molecule has 0 bridgehead atoms. The maximum atomic E-state index is 10.0. The van der Waals surface area contributed by atoms with Gasteiger partial charge in [-0.05, 0) is 30.0 Å². The van der Waals surface area contributed by atoms with E-state index in [1.54, 1.807) is 29.8 Å². The Morgan fingerprint density at radius 2 is 2.21 bits per heavy atom. The zero-order valence-corrected chi connectivity index (χ0v) is 8.53. The van der Waals surface area contributed by atoms with Gasteiger partial charge in [0.25, 0.3) is 0 Å². The van der Waals surface area contributed by atoms with Crippen molar-refractivity contribution in [3.8, 4) is 0 Å². The van der Waals surface area contributed by atoms with E-state index in [-0.39, 0.29) is 0 Å². The highest BCUT2D eigenvalue weighted by Gasteiger charge is 2.13. The minimum absolute atomic E-state index is 0.586. The zero-order chi connectivity index (χ0) is 9.97. The maximum absolute atomic E-state index is 10.0. The molecular weight excluding hydrogens is 196 g/mol. The first-order chi connectivity index (χ1) is 6.79. The molecule has 1 N–H and O–H groups in total. The van der Waals surface area contributed by atoms with Crippen molar-refractivity contribution in [2.75, 3.05) is 0 Å². The van der Waals surface area contributed by atoms with Gasteiger partial charge in [-0.25, -0.2) is 0 Å². The molecule has 2 heterocycles. The molecule has 0 fully saturated rings. The molecule has 0 aromatic carbocycles. The van der Waals surface area contributed by atoms with Crippen LogP contribution in [0, 0.1) is 6.92 Å². The van der Waals surface area contributed by atoms with Crippen molar-refractivity contribution in [2.24, 2.45) is 0 Å². The number of thiophene rings is 1. The highest BCUT2D eigenvalue weighted by atomic mass is 32.1. The lowest BCUT2D eigenvalue weighted by Gasteiger charge is -2.09. The van der Waals surface area contributed by atoms with Gasteiger partial charge < -0.3 is 5.11 Å². The summed E-state index contributed by atoms with van der Waals surface area (Å²) in [5.41, 5.74) is 1.73. The monoisotopic (exact) mass is 206 g/mol. The van der Waals surface area contributed by atoms with Crippen LogP contribution in [-0.4, -0.2) is 15.3 Å². The predicted octanol–water partition coefficient (Wildman–Crippen LogP) is 1.93. The van der Waals surface area contributed by atoms with Gasteiger partial charge in [0.2, 0.25) is 0 Å². The van der Waals surface area contributed by atoms with Crippen LogP contribution in [0.25, 0.3) is 0 Å². The van der Waals surface area contributed by atoms with Crippen LogP contribution in [0.3, 0.4) is 0 Å². The van der Waals surface area contributed by atoms with Crippen LogP contribution in [0.2, 0.25) is 0 Å². The lowest BCUT2D eigenvalue weighted by atomic mass is 10.1. The average molecular weight is 206 g/mol. The Hall–Kier alpha value is -1.26. The fraction of sp³-hybridized carbons (Fsp3) is 0.200. The number of hydrogen-bond acceptors (Lipinski definition) is 4. The number of aromatic nitrogens is 2. The number of aryl methyl sites for hydroxylation is 1. The molecule has 0 spiro atoms. The van der Waals surface area contributed by atoms with Crippen molar-refractivity contribution >= 4 is 11.3 Å². The van der Waals surface area contributed by atoms with E-state index in [1.165, 1.54) is 0 Å². The number of nitrogens with zero attached hydrogens (tertiary/aromatic N) is 2. The molecule has 0 aliphatic heterocycles. The van der Waals surface area contributed by atoms with Crippen LogP contribution >= 0.6 is 11.3 Å². The third-order valence-corrected chi connectivity index (χ3v) is 2.98. The van der Waals surface area contributed by atoms with Crippen molar-refractivity contribution in [3.05, 3.63) is 45.9 Å². The molecule has 0 saturated heterocycles. The number of aliphatic hydroxyl groups excluding tert-OH is 1. The lowest BCUT2D eigenvalue weighted by molar-refractivity contribution is 0.219. The second kappa shape index (κ2) is 3.86. The minimum atomic E-state index is -0.586. The smallest absolute Gasteiger partial charge is 0.107 e. The molecule has 1 unspecified atom stereocenters. The Morgan fingerprint density at radius 3 is 2.79 bits per heavy atom. The van der Waals surface area contributed by atoms with Crippen molar-refractivity contribution in [1.82, 2.24) is 10.2 Å². The summed E-state index contributed by atoms with van der Waals surface area (Å²) in [7, 11) is 0. The second-order valence-corrected chi connectivity index (χ2v) is 4.13. The summed E-state index contributed by atoms with van der Waals surface area (Å²) >= 11 is 1.63. The standard InChI is InChI=1S/C10H10N2OS/c1-7-9(3-5-14-7)10(13)8-2-4-11-12-6-8/h2-6,10,13H,1H3. The van der Waals surface area contributed by atoms with E-state index in [9.17, 15) is 5.11 Å². The van der Waals surface area contributed by atoms with Crippen LogP contribution in [0.4, 0.5) is 0 Å². The van der Waals surface area contributed by atoms with Gasteiger partial charge >= 0.3 is 0 Å². The van der Waals surface area contributed by atoms with E-state index in [2.05, 4.69) is 10.2 Å². The number of aliphatic hydroxyl groups is 1. The van der Waals surface area contributed by atoms with Crippen molar-refractivity contribution in [2.45, 2.75) is 13.0 Å². The average Bonchev–Trinajstić information content (AvgIpc) is 2.65. The molecule has 4 heteroatoms. The summed E-state index contributed by atoms with van der Waals surface area (Å²) in [4.78, 5) is 1.13. The molecule has 2 rings (SSSR count). The largest absolute Gasteiger partial charge is 0.384 e. The Morgan fingerprint density at radius 1 is 1.36 bits per heavy atom. The van der Waals surface area contributed by atoms with Crippen molar-refractivity contribution < 1.29 is 5.11 Å². The first kappa shape index (κ1) is 9.30. The first-order valence-electron chi connectivity index (χ1n) is 4.27. The molecule has 0 aliphatic rings. The summed E-state index contributed by atoms with van der Waals surface area (Å²) in [5, 5.41) is 19.4. The summed E-state index contributed by atoms with van der Waals surface area (Å²) in [5.74, 6) is 0. The molecule has 3 nitrogen and oxygen atoms in total. The lowest BCUT2D eigenvalue weighted by Crippen LogP contribution is -2.00. The van der Waals surface area contributed by atoms with E-state index < -0.39 is 6.10 Å². The van der Waals surface area contributed by atoms with E-state index in [0.29, 0.717) is 0 Å². The van der Waals surface area contributed by atoms with Gasteiger partial charge in [0.15, 0.2) is 0 Å². The van der Waals surface area contributed by atoms with Crippen LogP contribution in [0.5, 0.6) is 0 Å². The van der Waals surface area contributed by atoms with E-state index >= 15 is 0 Å². The summed E-state index contributed by atoms with van der Waals surface area (Å²) in [6, 6.07) is 3.71. The summed E-state index contributed by atoms with van der Waals surface area (Å²) < 4.78 is 0. The molecule has 2 aromatic heterocycles. The maximum Gasteiger partial charge on any atom is 0.107 e. The van der Waals surface area contributed by atoms with Gasteiger partial charge in [0.1, 0.15) is 6.10 Å². The highest BCUT2D eigenvalue weighted by molar-refractivity contribution is 7.10. The third-order valence-electron chi connectivity index (χ3n) is 2.12. The summed E-state index contributed by atoms with van der Waals surface area (Å²) in [6.07, 6.45) is 2.58. The van der Waals surface area contributed by atoms with Gasteiger partial charge in [-0.2, -0.15) is 10.2 Å². The van der Waals surface area contributed by atoms with Gasteiger partial charge in [0.05, 0.1) is 6.20 Å². The number of hydrogen-bond donors (Lipinski definition) is 1. The van der Waals surface area contributed by atoms with Crippen LogP contribution in [-0.2, 0) is 0 Å². The first-order valence-corrected chi connectivity index (χ1v) is 5.15. The molecule has 0 amide bonds. The summed E-state index contributed by atoms with van der Waals surface area (Å²) in [6.45, 7) is 2.00. The molecule has 2 aromatic rings. The van der Waals surface area contributed by atoms with Gasteiger partial charge in [-0.1, -0.05) is 0 Å². The molecule has 72 valence electrons. The van der Waals surface area contributed by atoms with Crippen molar-refractivity contribution in [3.63, 3.8) is 0 Å². The molecule has 0 radical (unpaired) electrons. The fourth-order valence-electron chi connectivity index (χ4n) is 1.32. The van der Waals surface area contributed by atoms with Gasteiger partial charge in [0, 0.05) is 16.6 Å². The van der Waals surface area contributed by atoms with Crippen LogP contribution < -0.4 is 0 Å². The molecule has 0 saturated carbocycles. The Bertz CT molecular complexity index is 413. The molecular formula is C10H10N2OS. The van der Waals surface area contributed by atoms with Crippen LogP contribution in [0.1, 0.15) is 22.1 Å². The quantitative estimate of drug-likeness (QED) is 0.816. The zero-order valence-electron chi connectivity index (χ0n) is 7.71. The molecule has 0 aliphatic carbocycles. The Balaban J connectivity index is 2.34. The predicted molar refractivity (Wildman–Crippen MR) is 55.1 cm³/mol. The SMILES string of the molecule is Cc1sccc1C(O)c1ccnnc1.